The summed E-state index contributed by atoms with van der Waals surface area (Å²) in [4.78, 5) is 12.7. The van der Waals surface area contributed by atoms with Gasteiger partial charge in [-0.15, -0.1) is 0 Å². The Kier molecular flexibility index (Phi) is 4.46. The number of benzene rings is 2. The zero-order valence-electron chi connectivity index (χ0n) is 11.7. The van der Waals surface area contributed by atoms with Crippen LogP contribution in [-0.2, 0) is 12.8 Å². The average molecular weight is 288 g/mol. The van der Waals surface area contributed by atoms with E-state index in [1.54, 1.807) is 18.2 Å². The lowest BCUT2D eigenvalue weighted by molar-refractivity contribution is 0.103. The number of nitrogen functional groups attached to an aromatic ring is 1. The van der Waals surface area contributed by atoms with E-state index in [2.05, 4.69) is 13.0 Å². The van der Waals surface area contributed by atoms with E-state index in [1.807, 2.05) is 19.1 Å². The van der Waals surface area contributed by atoms with Crippen LogP contribution in [0.15, 0.2) is 36.4 Å². The minimum Gasteiger partial charge on any atom is -0.397 e. The SMILES string of the molecule is CCc1ccc(CC)c(C(=O)c2cccc(Cl)c2N)c1. The van der Waals surface area contributed by atoms with Crippen LogP contribution in [0.25, 0.3) is 0 Å². The van der Waals surface area contributed by atoms with Gasteiger partial charge in [0.05, 0.1) is 10.7 Å². The average Bonchev–Trinajstić information content (AvgIpc) is 2.48. The maximum Gasteiger partial charge on any atom is 0.195 e. The Labute approximate surface area is 124 Å². The molecule has 0 atom stereocenters. The number of ketones is 1. The molecule has 20 heavy (non-hydrogen) atoms. The maximum absolute atomic E-state index is 12.7. The molecule has 0 aromatic heterocycles. The number of para-hydroxylation sites is 1. The van der Waals surface area contributed by atoms with Gasteiger partial charge in [-0.25, -0.2) is 0 Å². The molecule has 0 spiro atoms. The molecule has 0 bridgehead atoms. The molecule has 0 fully saturated rings. The third kappa shape index (κ3) is 2.70. The van der Waals surface area contributed by atoms with Crippen molar-refractivity contribution >= 4 is 23.1 Å². The molecular weight excluding hydrogens is 270 g/mol. The Balaban J connectivity index is 2.55. The molecule has 2 nitrogen and oxygen atoms in total. The van der Waals surface area contributed by atoms with E-state index in [0.29, 0.717) is 16.3 Å². The molecule has 0 heterocycles. The Hall–Kier alpha value is -1.80. The minimum absolute atomic E-state index is 0.0582. The van der Waals surface area contributed by atoms with Crippen molar-refractivity contribution in [3.05, 3.63) is 63.7 Å². The first-order valence-electron chi connectivity index (χ1n) is 6.79. The first kappa shape index (κ1) is 14.6. The molecule has 0 saturated carbocycles. The highest BCUT2D eigenvalue weighted by molar-refractivity contribution is 6.34. The van der Waals surface area contributed by atoms with E-state index >= 15 is 0 Å². The van der Waals surface area contributed by atoms with Crippen LogP contribution < -0.4 is 5.73 Å². The molecule has 0 aliphatic carbocycles. The largest absolute Gasteiger partial charge is 0.397 e. The highest BCUT2D eigenvalue weighted by Crippen LogP contribution is 2.26. The van der Waals surface area contributed by atoms with E-state index < -0.39 is 0 Å². The summed E-state index contributed by atoms with van der Waals surface area (Å²) in [6.07, 6.45) is 1.71. The summed E-state index contributed by atoms with van der Waals surface area (Å²) in [6.45, 7) is 4.11. The first-order chi connectivity index (χ1) is 9.58. The summed E-state index contributed by atoms with van der Waals surface area (Å²) in [5.41, 5.74) is 9.65. The van der Waals surface area contributed by atoms with Gasteiger partial charge in [0.25, 0.3) is 0 Å². The van der Waals surface area contributed by atoms with Gasteiger partial charge in [-0.05, 0) is 42.2 Å². The van der Waals surface area contributed by atoms with Gasteiger partial charge in [-0.1, -0.05) is 43.6 Å². The van der Waals surface area contributed by atoms with E-state index in [9.17, 15) is 4.79 Å². The summed E-state index contributed by atoms with van der Waals surface area (Å²) in [6, 6.07) is 11.2. The second-order valence-corrected chi connectivity index (χ2v) is 5.14. The van der Waals surface area contributed by atoms with Crippen molar-refractivity contribution in [2.75, 3.05) is 5.73 Å². The Morgan fingerprint density at radius 3 is 2.50 bits per heavy atom. The monoisotopic (exact) mass is 287 g/mol. The smallest absolute Gasteiger partial charge is 0.195 e. The third-order valence-electron chi connectivity index (χ3n) is 3.51. The summed E-state index contributed by atoms with van der Waals surface area (Å²) in [5, 5.41) is 0.417. The molecule has 0 radical (unpaired) electrons. The van der Waals surface area contributed by atoms with E-state index in [4.69, 9.17) is 17.3 Å². The number of anilines is 1. The second kappa shape index (κ2) is 6.10. The van der Waals surface area contributed by atoms with Crippen molar-refractivity contribution in [2.45, 2.75) is 26.7 Å². The molecule has 2 aromatic carbocycles. The number of carbonyl (C=O) groups is 1. The topological polar surface area (TPSA) is 43.1 Å². The van der Waals surface area contributed by atoms with Crippen LogP contribution in [0.4, 0.5) is 5.69 Å². The standard InChI is InChI=1S/C17H18ClNO/c1-3-11-8-9-12(4-2)14(10-11)17(20)13-6-5-7-15(18)16(13)19/h5-10H,3-4,19H2,1-2H3. The van der Waals surface area contributed by atoms with Crippen LogP contribution in [0.1, 0.15) is 40.9 Å². The van der Waals surface area contributed by atoms with Gasteiger partial charge < -0.3 is 5.73 Å². The van der Waals surface area contributed by atoms with Crippen molar-refractivity contribution in [1.82, 2.24) is 0 Å². The normalized spacial score (nSPS) is 10.6. The van der Waals surface area contributed by atoms with E-state index in [0.717, 1.165) is 29.5 Å². The third-order valence-corrected chi connectivity index (χ3v) is 3.84. The fraction of sp³-hybridized carbons (Fsp3) is 0.235. The minimum atomic E-state index is -0.0582. The maximum atomic E-state index is 12.7. The van der Waals surface area contributed by atoms with Crippen LogP contribution in [0, 0.1) is 0 Å². The van der Waals surface area contributed by atoms with Crippen molar-refractivity contribution in [2.24, 2.45) is 0 Å². The lowest BCUT2D eigenvalue weighted by Gasteiger charge is -2.11. The fourth-order valence-electron chi connectivity index (χ4n) is 2.24. The second-order valence-electron chi connectivity index (χ2n) is 4.73. The van der Waals surface area contributed by atoms with E-state index in [-0.39, 0.29) is 5.78 Å². The summed E-state index contributed by atoms with van der Waals surface area (Å²) < 4.78 is 0. The van der Waals surface area contributed by atoms with Crippen LogP contribution in [0.2, 0.25) is 5.02 Å². The lowest BCUT2D eigenvalue weighted by atomic mass is 9.93. The summed E-state index contributed by atoms with van der Waals surface area (Å²) in [7, 11) is 0. The number of carbonyl (C=O) groups excluding carboxylic acids is 1. The molecule has 0 aliphatic rings. The van der Waals surface area contributed by atoms with Crippen LogP contribution in [0.5, 0.6) is 0 Å². The van der Waals surface area contributed by atoms with Gasteiger partial charge >= 0.3 is 0 Å². The molecular formula is C17H18ClNO. The quantitative estimate of drug-likeness (QED) is 0.674. The van der Waals surface area contributed by atoms with Crippen molar-refractivity contribution < 1.29 is 4.79 Å². The predicted molar refractivity (Wildman–Crippen MR) is 84.5 cm³/mol. The highest BCUT2D eigenvalue weighted by Gasteiger charge is 2.17. The molecule has 2 rings (SSSR count). The molecule has 2 aromatic rings. The van der Waals surface area contributed by atoms with Gasteiger partial charge in [0.2, 0.25) is 0 Å². The Morgan fingerprint density at radius 2 is 1.85 bits per heavy atom. The van der Waals surface area contributed by atoms with Crippen molar-refractivity contribution in [1.29, 1.82) is 0 Å². The molecule has 0 saturated heterocycles. The van der Waals surface area contributed by atoms with Crippen molar-refractivity contribution in [3.8, 4) is 0 Å². The lowest BCUT2D eigenvalue weighted by Crippen LogP contribution is -2.09. The van der Waals surface area contributed by atoms with E-state index in [1.165, 1.54) is 0 Å². The predicted octanol–water partition coefficient (Wildman–Crippen LogP) is 4.28. The molecule has 0 amide bonds. The molecule has 2 N–H and O–H groups in total. The highest BCUT2D eigenvalue weighted by atomic mass is 35.5. The molecule has 104 valence electrons. The number of rotatable bonds is 4. The molecule has 3 heteroatoms. The summed E-state index contributed by atoms with van der Waals surface area (Å²) in [5.74, 6) is -0.0582. The summed E-state index contributed by atoms with van der Waals surface area (Å²) >= 11 is 6.00. The van der Waals surface area contributed by atoms with Gasteiger partial charge in [0.15, 0.2) is 5.78 Å². The Morgan fingerprint density at radius 1 is 1.10 bits per heavy atom. The molecule has 0 unspecified atom stereocenters. The fourth-order valence-corrected chi connectivity index (χ4v) is 2.42. The van der Waals surface area contributed by atoms with Gasteiger partial charge in [-0.2, -0.15) is 0 Å². The number of hydrogen-bond donors (Lipinski definition) is 1. The number of hydrogen-bond acceptors (Lipinski definition) is 2. The van der Waals surface area contributed by atoms with Crippen LogP contribution in [-0.4, -0.2) is 5.78 Å². The van der Waals surface area contributed by atoms with Gasteiger partial charge in [0, 0.05) is 11.1 Å². The number of aryl methyl sites for hydroxylation is 2. The zero-order valence-corrected chi connectivity index (χ0v) is 12.5. The zero-order chi connectivity index (χ0) is 14.7. The number of nitrogens with two attached hydrogens (primary N) is 1. The van der Waals surface area contributed by atoms with Crippen LogP contribution in [0.3, 0.4) is 0 Å². The van der Waals surface area contributed by atoms with Crippen LogP contribution >= 0.6 is 11.6 Å². The number of halogens is 1. The Bertz CT molecular complexity index is 649. The molecule has 0 aliphatic heterocycles. The van der Waals surface area contributed by atoms with Gasteiger partial charge in [0.1, 0.15) is 0 Å². The first-order valence-corrected chi connectivity index (χ1v) is 7.16. The van der Waals surface area contributed by atoms with Gasteiger partial charge in [-0.3, -0.25) is 4.79 Å². The van der Waals surface area contributed by atoms with Crippen molar-refractivity contribution in [3.63, 3.8) is 0 Å².